The van der Waals surface area contributed by atoms with E-state index in [0.29, 0.717) is 56.9 Å². The number of hydrogen-bond donors (Lipinski definition) is 4. The molecular formula is C55H83N3O17S. The van der Waals surface area contributed by atoms with Gasteiger partial charge in [0.2, 0.25) is 5.79 Å². The van der Waals surface area contributed by atoms with E-state index >= 15 is 0 Å². The molecule has 17 atom stereocenters. The van der Waals surface area contributed by atoms with Crippen LogP contribution in [-0.4, -0.2) is 170 Å². The molecule has 1 aliphatic carbocycles. The third-order valence-corrected chi connectivity index (χ3v) is 18.3. The summed E-state index contributed by atoms with van der Waals surface area (Å²) in [4.78, 5) is 85.9. The van der Waals surface area contributed by atoms with Crippen LogP contribution in [0.25, 0.3) is 0 Å². The Morgan fingerprint density at radius 2 is 1.59 bits per heavy atom. The van der Waals surface area contributed by atoms with E-state index in [4.69, 9.17) is 28.4 Å². The summed E-state index contributed by atoms with van der Waals surface area (Å²) in [7, 11) is 0.0757. The minimum absolute atomic E-state index is 0.0138. The molecule has 76 heavy (non-hydrogen) atoms. The lowest BCUT2D eigenvalue weighted by atomic mass is 9.68. The van der Waals surface area contributed by atoms with E-state index in [1.54, 1.807) is 40.9 Å². The summed E-state index contributed by atoms with van der Waals surface area (Å²) in [6, 6.07) is -1.24. The highest BCUT2D eigenvalue weighted by Gasteiger charge is 2.57. The highest BCUT2D eigenvalue weighted by molar-refractivity contribution is 7.87. The van der Waals surface area contributed by atoms with Crippen LogP contribution in [-0.2, 0) is 62.6 Å². The Kier molecular flexibility index (Phi) is 21.4. The van der Waals surface area contributed by atoms with Crippen LogP contribution in [0.3, 0.4) is 0 Å². The first-order valence-corrected chi connectivity index (χ1v) is 28.5. The summed E-state index contributed by atoms with van der Waals surface area (Å²) in [6.07, 6.45) is 6.59. The molecule has 4 saturated heterocycles. The topological polar surface area (TPSA) is 271 Å². The van der Waals surface area contributed by atoms with Crippen LogP contribution in [0.15, 0.2) is 47.6 Å². The summed E-state index contributed by atoms with van der Waals surface area (Å²) in [5.41, 5.74) is 1.19. The molecule has 1 unspecified atom stereocenters. The minimum Gasteiger partial charge on any atom is -0.460 e. The van der Waals surface area contributed by atoms with Crippen LogP contribution in [0.2, 0.25) is 0 Å². The highest BCUT2D eigenvalue weighted by atomic mass is 32.2. The van der Waals surface area contributed by atoms with Crippen LogP contribution < -0.4 is 4.72 Å². The number of aliphatic hydroxyl groups excluding tert-OH is 2. The van der Waals surface area contributed by atoms with Crippen LogP contribution in [0, 0.1) is 41.4 Å². The number of Topliss-reactive ketones (excluding diaryl/α,β-unsaturated/α-hetero) is 3. The van der Waals surface area contributed by atoms with E-state index in [-0.39, 0.29) is 68.7 Å². The number of allylic oxidation sites excluding steroid dienone is 6. The van der Waals surface area contributed by atoms with Gasteiger partial charge in [-0.1, -0.05) is 64.2 Å². The number of nitrogens with zero attached hydrogens (tertiary/aromatic N) is 2. The minimum atomic E-state index is -4.28. The van der Waals surface area contributed by atoms with Gasteiger partial charge in [-0.25, -0.2) is 14.3 Å². The molecule has 5 aliphatic heterocycles. The second kappa shape index (κ2) is 26.6. The molecule has 6 aliphatic rings. The van der Waals surface area contributed by atoms with Gasteiger partial charge in [-0.15, -0.1) is 0 Å². The van der Waals surface area contributed by atoms with E-state index in [1.807, 2.05) is 48.9 Å². The fraction of sp³-hybridized carbons (Fsp3) is 0.745. The van der Waals surface area contributed by atoms with Crippen LogP contribution >= 0.6 is 0 Å². The number of carbonyl (C=O) groups is 6. The zero-order valence-electron chi connectivity index (χ0n) is 45.7. The SMILES string of the molecule is CO[C@H]1C[C@@H]2CC[C@@H](C)[C@@](O)(O2)C(=O)C(=O)N2CCCC3[C@H]2C(=O)O[C@@H](CC(=O)[C@H](C)/C=C(\C)[C@@H](O)[C@@H](OC)C(=O)[C@H](C)C[C@H](C)/C=C/C=C/C=C1C)[C@H]3C[C@@H]1CC[C@@H](OC(=O)NS(=O)(=O)N2CC[C@@H](O)C2)[C@H](OC)C1. The monoisotopic (exact) mass is 1090 g/mol. The Labute approximate surface area is 448 Å². The fourth-order valence-corrected chi connectivity index (χ4v) is 13.4. The summed E-state index contributed by atoms with van der Waals surface area (Å²) in [5, 5.41) is 33.5. The van der Waals surface area contributed by atoms with Gasteiger partial charge >= 0.3 is 22.3 Å². The zero-order valence-corrected chi connectivity index (χ0v) is 46.5. The van der Waals surface area contributed by atoms with Crippen LogP contribution in [0.5, 0.6) is 0 Å². The lowest BCUT2D eigenvalue weighted by Gasteiger charge is -2.50. The van der Waals surface area contributed by atoms with Gasteiger partial charge in [-0.3, -0.25) is 19.2 Å². The van der Waals surface area contributed by atoms with Crippen molar-refractivity contribution in [3.63, 3.8) is 0 Å². The van der Waals surface area contributed by atoms with Crippen LogP contribution in [0.4, 0.5) is 4.79 Å². The maximum Gasteiger partial charge on any atom is 0.422 e. The molecule has 2 amide bonds. The number of aliphatic hydroxyl groups is 3. The molecule has 0 radical (unpaired) electrons. The lowest BCUT2D eigenvalue weighted by Crippen LogP contribution is -2.65. The third kappa shape index (κ3) is 14.5. The average Bonchev–Trinajstić information content (AvgIpc) is 3.84. The molecular weight excluding hydrogens is 1010 g/mol. The second-order valence-electron chi connectivity index (χ2n) is 22.3. The third-order valence-electron chi connectivity index (χ3n) is 16.8. The van der Waals surface area contributed by atoms with Crippen molar-refractivity contribution < 1.29 is 80.9 Å². The second-order valence-corrected chi connectivity index (χ2v) is 24.0. The van der Waals surface area contributed by atoms with Crippen molar-refractivity contribution in [2.24, 2.45) is 41.4 Å². The first-order chi connectivity index (χ1) is 35.9. The van der Waals surface area contributed by atoms with Gasteiger partial charge in [0, 0.05) is 77.5 Å². The van der Waals surface area contributed by atoms with Crippen molar-refractivity contribution >= 4 is 45.5 Å². The summed E-state index contributed by atoms with van der Waals surface area (Å²) in [6.45, 7) is 10.5. The normalized spacial score (nSPS) is 39.9. The van der Waals surface area contributed by atoms with Gasteiger partial charge in [-0.2, -0.15) is 12.7 Å². The fourth-order valence-electron chi connectivity index (χ4n) is 12.3. The number of rotatable bonds is 8. The van der Waals surface area contributed by atoms with Gasteiger partial charge in [0.1, 0.15) is 36.2 Å². The van der Waals surface area contributed by atoms with Crippen molar-refractivity contribution in [1.82, 2.24) is 13.9 Å². The van der Waals surface area contributed by atoms with Gasteiger partial charge in [-0.05, 0) is 107 Å². The molecule has 6 bridgehead atoms. The number of nitrogens with one attached hydrogen (secondary N) is 1. The molecule has 21 heteroatoms. The number of carbonyl (C=O) groups excluding carboxylic acids is 6. The van der Waals surface area contributed by atoms with E-state index in [1.165, 1.54) is 19.1 Å². The predicted octanol–water partition coefficient (Wildman–Crippen LogP) is 4.45. The Bertz CT molecular complexity index is 2340. The highest BCUT2D eigenvalue weighted by Crippen LogP contribution is 2.46. The number of methoxy groups -OCH3 is 3. The van der Waals surface area contributed by atoms with Gasteiger partial charge in [0.05, 0.1) is 24.4 Å². The number of amides is 2. The first kappa shape index (κ1) is 61.0. The predicted molar refractivity (Wildman–Crippen MR) is 277 cm³/mol. The largest absolute Gasteiger partial charge is 0.460 e. The van der Waals surface area contributed by atoms with E-state index in [2.05, 4.69) is 0 Å². The number of piperidine rings is 1. The Hall–Kier alpha value is -4.19. The molecule has 4 N–H and O–H groups in total. The maximum atomic E-state index is 14.6. The van der Waals surface area contributed by atoms with Gasteiger partial charge in [0.25, 0.3) is 11.7 Å². The first-order valence-electron chi connectivity index (χ1n) is 27.1. The summed E-state index contributed by atoms with van der Waals surface area (Å²) < 4.78 is 63.9. The molecule has 6 rings (SSSR count). The Balaban J connectivity index is 1.30. The van der Waals surface area contributed by atoms with E-state index in [9.17, 15) is 52.5 Å². The van der Waals surface area contributed by atoms with Crippen molar-refractivity contribution in [2.75, 3.05) is 41.0 Å². The quantitative estimate of drug-likeness (QED) is 0.149. The van der Waals surface area contributed by atoms with Crippen molar-refractivity contribution in [2.45, 2.75) is 179 Å². The molecule has 5 heterocycles. The molecule has 0 aromatic carbocycles. The Morgan fingerprint density at radius 1 is 0.855 bits per heavy atom. The van der Waals surface area contributed by atoms with E-state index < -0.39 is 124 Å². The molecule has 20 nitrogen and oxygen atoms in total. The Morgan fingerprint density at radius 3 is 2.26 bits per heavy atom. The summed E-state index contributed by atoms with van der Waals surface area (Å²) in [5.74, 6) is -9.60. The van der Waals surface area contributed by atoms with Crippen molar-refractivity contribution in [1.29, 1.82) is 0 Å². The molecule has 426 valence electrons. The number of ether oxygens (including phenoxy) is 6. The number of fused-ring (bicyclic) bond motifs is 3. The molecule has 0 aromatic rings. The maximum absolute atomic E-state index is 14.6. The van der Waals surface area contributed by atoms with E-state index in [0.717, 1.165) is 9.88 Å². The number of esters is 1. The molecule has 5 fully saturated rings. The standard InChI is InChI=1S/C55H83N3O17S/c1-31-14-11-10-12-15-32(2)44(70-7)28-39-19-17-36(6)55(67,75-39)51(63)52(64)58-22-13-16-40-41(26-37-18-20-43(46(27-37)71-8)74-54(66)56-76(68,69)57-23-21-38(59)30-57)45(73-53(65)47(40)58)29-42(60)33(3)25-35(5)49(62)50(72-9)48(61)34(4)24-31/h10-12,14-15,25,31,33-34,36-41,43-47,49-50,59,62,67H,13,16-24,26-30H2,1-9H3,(H,56,66)/b12-10+,14-11+,32-15?,35-25+/t31-,33-,34-,36-,37+,38-,39+,40?,41+,43-,44+,45+,46-,47+,49-,50+,55-/m1/s1. The molecule has 1 saturated carbocycles. The van der Waals surface area contributed by atoms with Gasteiger partial charge in [0.15, 0.2) is 5.78 Å². The number of ketones is 3. The smallest absolute Gasteiger partial charge is 0.422 e. The van der Waals surface area contributed by atoms with Gasteiger partial charge < -0.3 is 48.6 Å². The average molecular weight is 1090 g/mol. The van der Waals surface area contributed by atoms with Crippen molar-refractivity contribution in [3.8, 4) is 0 Å². The lowest BCUT2D eigenvalue weighted by molar-refractivity contribution is -0.266. The number of hydrogen-bond acceptors (Lipinski definition) is 17. The zero-order chi connectivity index (χ0) is 55.8. The van der Waals surface area contributed by atoms with Crippen LogP contribution in [0.1, 0.15) is 119 Å². The molecule has 0 spiro atoms. The number of β-amino-alcohol motifs (C(OH)–C–C–N with tert-alkyl or cyclic N) is 1. The van der Waals surface area contributed by atoms with Crippen molar-refractivity contribution in [3.05, 3.63) is 47.6 Å². The summed E-state index contributed by atoms with van der Waals surface area (Å²) >= 11 is 0. The molecule has 0 aromatic heterocycles.